The molecule has 0 amide bonds. The predicted octanol–water partition coefficient (Wildman–Crippen LogP) is 1.72. The van der Waals surface area contributed by atoms with E-state index in [0.717, 1.165) is 17.5 Å². The minimum absolute atomic E-state index is 0.281. The molecule has 0 spiro atoms. The summed E-state index contributed by atoms with van der Waals surface area (Å²) in [5, 5.41) is 3.21. The number of aromatic amines is 1. The monoisotopic (exact) mass is 260 g/mol. The number of hydrogen-bond donors (Lipinski definition) is 3. The Labute approximate surface area is 113 Å². The minimum atomic E-state index is -0.281. The van der Waals surface area contributed by atoms with Gasteiger partial charge < -0.3 is 20.9 Å². The highest BCUT2D eigenvalue weighted by molar-refractivity contribution is 5.58. The SMILES string of the molecule is CN(c1cc(NCC(C)(C)N)ncn1)c1ccc[nH]1. The highest BCUT2D eigenvalue weighted by Gasteiger charge is 2.11. The smallest absolute Gasteiger partial charge is 0.139 e. The molecule has 0 aromatic carbocycles. The average Bonchev–Trinajstić information content (AvgIpc) is 2.89. The quantitative estimate of drug-likeness (QED) is 0.762. The van der Waals surface area contributed by atoms with Gasteiger partial charge in [0, 0.05) is 31.4 Å². The molecule has 0 aliphatic carbocycles. The molecule has 0 aliphatic rings. The van der Waals surface area contributed by atoms with Crippen molar-refractivity contribution in [3.63, 3.8) is 0 Å². The molecule has 2 aromatic heterocycles. The first kappa shape index (κ1) is 13.4. The van der Waals surface area contributed by atoms with Crippen LogP contribution in [0.5, 0.6) is 0 Å². The van der Waals surface area contributed by atoms with E-state index in [0.29, 0.717) is 6.54 Å². The maximum atomic E-state index is 5.94. The number of aromatic nitrogens is 3. The van der Waals surface area contributed by atoms with Crippen molar-refractivity contribution < 1.29 is 0 Å². The molecule has 0 saturated heterocycles. The first-order valence-corrected chi connectivity index (χ1v) is 6.18. The van der Waals surface area contributed by atoms with Crippen LogP contribution in [0.15, 0.2) is 30.7 Å². The van der Waals surface area contributed by atoms with Crippen molar-refractivity contribution in [1.29, 1.82) is 0 Å². The van der Waals surface area contributed by atoms with Gasteiger partial charge in [0.05, 0.1) is 0 Å². The summed E-state index contributed by atoms with van der Waals surface area (Å²) < 4.78 is 0. The lowest BCUT2D eigenvalue weighted by atomic mass is 10.1. The molecular formula is C13H20N6. The molecule has 0 aliphatic heterocycles. The molecule has 6 nitrogen and oxygen atoms in total. The fourth-order valence-electron chi connectivity index (χ4n) is 1.60. The Kier molecular flexibility index (Phi) is 3.71. The lowest BCUT2D eigenvalue weighted by molar-refractivity contribution is 0.548. The van der Waals surface area contributed by atoms with Gasteiger partial charge in [0.2, 0.25) is 0 Å². The third-order valence-corrected chi connectivity index (χ3v) is 2.66. The zero-order valence-corrected chi connectivity index (χ0v) is 11.5. The Morgan fingerprint density at radius 1 is 1.42 bits per heavy atom. The Balaban J connectivity index is 2.11. The van der Waals surface area contributed by atoms with Crippen molar-refractivity contribution in [2.45, 2.75) is 19.4 Å². The number of nitrogens with two attached hydrogens (primary N) is 1. The fourth-order valence-corrected chi connectivity index (χ4v) is 1.60. The van der Waals surface area contributed by atoms with E-state index in [1.165, 1.54) is 0 Å². The van der Waals surface area contributed by atoms with Crippen LogP contribution in [0, 0.1) is 0 Å². The third-order valence-electron chi connectivity index (χ3n) is 2.66. The van der Waals surface area contributed by atoms with Crippen molar-refractivity contribution in [3.8, 4) is 0 Å². The second-order valence-corrected chi connectivity index (χ2v) is 5.22. The zero-order chi connectivity index (χ0) is 13.9. The molecule has 4 N–H and O–H groups in total. The predicted molar refractivity (Wildman–Crippen MR) is 77.6 cm³/mol. The Bertz CT molecular complexity index is 514. The fraction of sp³-hybridized carbons (Fsp3) is 0.385. The van der Waals surface area contributed by atoms with Crippen LogP contribution >= 0.6 is 0 Å². The largest absolute Gasteiger partial charge is 0.368 e. The van der Waals surface area contributed by atoms with E-state index in [2.05, 4.69) is 20.3 Å². The third kappa shape index (κ3) is 3.69. The Hall–Kier alpha value is -2.08. The summed E-state index contributed by atoms with van der Waals surface area (Å²) in [6.07, 6.45) is 3.42. The van der Waals surface area contributed by atoms with Crippen LogP contribution < -0.4 is 16.0 Å². The van der Waals surface area contributed by atoms with Crippen molar-refractivity contribution >= 4 is 17.5 Å². The highest BCUT2D eigenvalue weighted by Crippen LogP contribution is 2.20. The van der Waals surface area contributed by atoms with Gasteiger partial charge in [0.1, 0.15) is 23.8 Å². The Morgan fingerprint density at radius 2 is 2.21 bits per heavy atom. The van der Waals surface area contributed by atoms with Crippen LogP contribution in [-0.2, 0) is 0 Å². The summed E-state index contributed by atoms with van der Waals surface area (Å²) in [4.78, 5) is 13.5. The van der Waals surface area contributed by atoms with Crippen LogP contribution in [0.1, 0.15) is 13.8 Å². The maximum absolute atomic E-state index is 5.94. The zero-order valence-electron chi connectivity index (χ0n) is 11.5. The van der Waals surface area contributed by atoms with Crippen LogP contribution in [0.3, 0.4) is 0 Å². The lowest BCUT2D eigenvalue weighted by Gasteiger charge is -2.20. The summed E-state index contributed by atoms with van der Waals surface area (Å²) >= 11 is 0. The van der Waals surface area contributed by atoms with Gasteiger partial charge in [0.15, 0.2) is 0 Å². The summed E-state index contributed by atoms with van der Waals surface area (Å²) in [6, 6.07) is 5.83. The van der Waals surface area contributed by atoms with Crippen LogP contribution in [-0.4, -0.2) is 34.1 Å². The van der Waals surface area contributed by atoms with Crippen molar-refractivity contribution in [3.05, 3.63) is 30.7 Å². The molecule has 19 heavy (non-hydrogen) atoms. The van der Waals surface area contributed by atoms with Gasteiger partial charge in [-0.15, -0.1) is 0 Å². The van der Waals surface area contributed by atoms with E-state index in [-0.39, 0.29) is 5.54 Å². The number of H-pyrrole nitrogens is 1. The Morgan fingerprint density at radius 3 is 2.84 bits per heavy atom. The molecule has 6 heteroatoms. The van der Waals surface area contributed by atoms with Gasteiger partial charge in [-0.1, -0.05) is 0 Å². The van der Waals surface area contributed by atoms with Gasteiger partial charge in [-0.05, 0) is 26.0 Å². The number of hydrogen-bond acceptors (Lipinski definition) is 5. The van der Waals surface area contributed by atoms with E-state index >= 15 is 0 Å². The topological polar surface area (TPSA) is 82.9 Å². The summed E-state index contributed by atoms with van der Waals surface area (Å²) in [6.45, 7) is 4.58. The van der Waals surface area contributed by atoms with E-state index in [1.54, 1.807) is 6.33 Å². The summed E-state index contributed by atoms with van der Waals surface area (Å²) in [5.74, 6) is 2.56. The number of anilines is 3. The summed E-state index contributed by atoms with van der Waals surface area (Å²) in [5.41, 5.74) is 5.66. The van der Waals surface area contributed by atoms with E-state index in [1.807, 2.05) is 50.2 Å². The first-order chi connectivity index (χ1) is 8.96. The number of nitrogens with one attached hydrogen (secondary N) is 2. The van der Waals surface area contributed by atoms with Crippen molar-refractivity contribution in [2.24, 2.45) is 5.73 Å². The van der Waals surface area contributed by atoms with E-state index in [4.69, 9.17) is 5.73 Å². The van der Waals surface area contributed by atoms with Crippen LogP contribution in [0.4, 0.5) is 17.5 Å². The summed E-state index contributed by atoms with van der Waals surface area (Å²) in [7, 11) is 1.95. The van der Waals surface area contributed by atoms with Gasteiger partial charge in [0.25, 0.3) is 0 Å². The number of nitrogens with zero attached hydrogens (tertiary/aromatic N) is 3. The highest BCUT2D eigenvalue weighted by atomic mass is 15.2. The van der Waals surface area contributed by atoms with Gasteiger partial charge in [-0.2, -0.15) is 0 Å². The van der Waals surface area contributed by atoms with E-state index < -0.39 is 0 Å². The second kappa shape index (κ2) is 5.27. The molecular weight excluding hydrogens is 240 g/mol. The second-order valence-electron chi connectivity index (χ2n) is 5.22. The van der Waals surface area contributed by atoms with Crippen LogP contribution in [0.2, 0.25) is 0 Å². The molecule has 0 radical (unpaired) electrons. The van der Waals surface area contributed by atoms with Gasteiger partial charge >= 0.3 is 0 Å². The van der Waals surface area contributed by atoms with Gasteiger partial charge in [-0.25, -0.2) is 9.97 Å². The van der Waals surface area contributed by atoms with Crippen molar-refractivity contribution in [2.75, 3.05) is 23.8 Å². The molecule has 0 unspecified atom stereocenters. The van der Waals surface area contributed by atoms with Gasteiger partial charge in [-0.3, -0.25) is 0 Å². The molecule has 0 fully saturated rings. The molecule has 0 atom stereocenters. The first-order valence-electron chi connectivity index (χ1n) is 6.18. The molecule has 2 heterocycles. The lowest BCUT2D eigenvalue weighted by Crippen LogP contribution is -2.39. The maximum Gasteiger partial charge on any atom is 0.139 e. The molecule has 2 rings (SSSR count). The molecule has 102 valence electrons. The normalized spacial score (nSPS) is 11.4. The van der Waals surface area contributed by atoms with Crippen molar-refractivity contribution in [1.82, 2.24) is 15.0 Å². The van der Waals surface area contributed by atoms with Crippen LogP contribution in [0.25, 0.3) is 0 Å². The molecule has 0 bridgehead atoms. The minimum Gasteiger partial charge on any atom is -0.368 e. The standard InChI is InChI=1S/C13H20N6/c1-13(2,14)8-16-10-7-12(18-9-17-10)19(3)11-5-4-6-15-11/h4-7,9,15H,8,14H2,1-3H3,(H,16,17,18). The number of rotatable bonds is 5. The average molecular weight is 260 g/mol. The van der Waals surface area contributed by atoms with E-state index in [9.17, 15) is 0 Å². The molecule has 0 saturated carbocycles. The molecule has 2 aromatic rings.